The number of anilines is 1. The normalized spacial score (nSPS) is 17.2. The van der Waals surface area contributed by atoms with Gasteiger partial charge in [-0.1, -0.05) is 23.5 Å². The predicted octanol–water partition coefficient (Wildman–Crippen LogP) is 4.01. The molecule has 8 nitrogen and oxygen atoms in total. The number of hydrogen-bond donors (Lipinski definition) is 1. The number of aliphatic hydroxyl groups excluding tert-OH is 1. The zero-order valence-electron chi connectivity index (χ0n) is 18.4. The van der Waals surface area contributed by atoms with Crippen LogP contribution in [0.2, 0.25) is 0 Å². The zero-order valence-corrected chi connectivity index (χ0v) is 19.2. The van der Waals surface area contributed by atoms with E-state index < -0.39 is 35.3 Å². The third-order valence-electron chi connectivity index (χ3n) is 5.33. The Morgan fingerprint density at radius 1 is 1.15 bits per heavy atom. The third-order valence-corrected chi connectivity index (χ3v) is 6.47. The molecule has 1 amide bonds. The van der Waals surface area contributed by atoms with Crippen molar-refractivity contribution in [3.05, 3.63) is 81.6 Å². The molecular formula is C24H19FN2O6S. The number of methoxy groups -OCH3 is 2. The molecule has 4 rings (SSSR count). The van der Waals surface area contributed by atoms with Crippen molar-refractivity contribution in [2.24, 2.45) is 0 Å². The molecule has 2 heterocycles. The number of rotatable bonds is 5. The highest BCUT2D eigenvalue weighted by molar-refractivity contribution is 7.17. The molecule has 1 atom stereocenters. The summed E-state index contributed by atoms with van der Waals surface area (Å²) < 4.78 is 23.5. The number of aryl methyl sites for hydroxylation is 1. The van der Waals surface area contributed by atoms with Crippen LogP contribution in [-0.2, 0) is 14.3 Å². The van der Waals surface area contributed by atoms with Gasteiger partial charge in [0.05, 0.1) is 31.5 Å². The molecule has 1 fully saturated rings. The van der Waals surface area contributed by atoms with Crippen LogP contribution < -0.4 is 9.64 Å². The van der Waals surface area contributed by atoms with Crippen LogP contribution in [0.5, 0.6) is 5.75 Å². The minimum absolute atomic E-state index is 0.0889. The first-order valence-corrected chi connectivity index (χ1v) is 10.8. The first-order valence-electron chi connectivity index (χ1n) is 10.0. The summed E-state index contributed by atoms with van der Waals surface area (Å²) in [5, 5.41) is 11.1. The molecule has 1 N–H and O–H groups in total. The van der Waals surface area contributed by atoms with Gasteiger partial charge in [0.1, 0.15) is 22.2 Å². The second kappa shape index (κ2) is 9.06. The highest BCUT2D eigenvalue weighted by Crippen LogP contribution is 2.44. The van der Waals surface area contributed by atoms with Crippen LogP contribution in [0.1, 0.15) is 32.5 Å². The average molecular weight is 482 g/mol. The lowest BCUT2D eigenvalue weighted by atomic mass is 9.95. The summed E-state index contributed by atoms with van der Waals surface area (Å²) in [6.45, 7) is 1.59. The van der Waals surface area contributed by atoms with Crippen molar-refractivity contribution in [1.29, 1.82) is 0 Å². The number of carbonyl (C=O) groups is 3. The van der Waals surface area contributed by atoms with Gasteiger partial charge in [0.25, 0.3) is 5.78 Å². The third kappa shape index (κ3) is 3.92. The number of hydrogen-bond acceptors (Lipinski definition) is 8. The van der Waals surface area contributed by atoms with E-state index in [1.165, 1.54) is 26.4 Å². The predicted molar refractivity (Wildman–Crippen MR) is 122 cm³/mol. The maximum Gasteiger partial charge on any atom is 0.350 e. The van der Waals surface area contributed by atoms with E-state index in [2.05, 4.69) is 4.98 Å². The van der Waals surface area contributed by atoms with E-state index in [4.69, 9.17) is 9.47 Å². The molecule has 1 aromatic heterocycles. The van der Waals surface area contributed by atoms with Gasteiger partial charge in [-0.05, 0) is 48.9 Å². The summed E-state index contributed by atoms with van der Waals surface area (Å²) in [5.74, 6) is -3.01. The molecule has 34 heavy (non-hydrogen) atoms. The van der Waals surface area contributed by atoms with Crippen LogP contribution in [0, 0.1) is 12.7 Å². The molecule has 1 saturated heterocycles. The Morgan fingerprint density at radius 3 is 2.50 bits per heavy atom. The Hall–Kier alpha value is -4.05. The maximum absolute atomic E-state index is 13.4. The summed E-state index contributed by atoms with van der Waals surface area (Å²) in [5.41, 5.74) is 0.765. The van der Waals surface area contributed by atoms with Crippen molar-refractivity contribution in [3.8, 4) is 5.75 Å². The first-order chi connectivity index (χ1) is 16.3. The number of amides is 1. The number of ketones is 1. The first kappa shape index (κ1) is 23.1. The van der Waals surface area contributed by atoms with Crippen molar-refractivity contribution < 1.29 is 33.4 Å². The zero-order chi connectivity index (χ0) is 24.6. The van der Waals surface area contributed by atoms with Gasteiger partial charge in [0.15, 0.2) is 5.13 Å². The largest absolute Gasteiger partial charge is 0.507 e. The standard InChI is InChI=1S/C24H19FN2O6S/c1-12-21(23(31)33-3)34-24(26-12)27-18(14-5-4-6-16(11-14)32-2)17(20(29)22(27)30)19(28)13-7-9-15(25)10-8-13/h4-11,18,28H,1-3H3/b19-17+. The maximum atomic E-state index is 13.4. The minimum atomic E-state index is -1.07. The molecular weight excluding hydrogens is 463 g/mol. The second-order valence-electron chi connectivity index (χ2n) is 7.36. The molecule has 0 radical (unpaired) electrons. The van der Waals surface area contributed by atoms with Crippen molar-refractivity contribution >= 4 is 39.9 Å². The number of ether oxygens (including phenoxy) is 2. The van der Waals surface area contributed by atoms with Gasteiger partial charge in [-0.15, -0.1) is 0 Å². The number of halogens is 1. The van der Waals surface area contributed by atoms with Crippen LogP contribution in [0.3, 0.4) is 0 Å². The summed E-state index contributed by atoms with van der Waals surface area (Å²) in [6, 6.07) is 10.5. The van der Waals surface area contributed by atoms with Gasteiger partial charge in [-0.25, -0.2) is 14.2 Å². The second-order valence-corrected chi connectivity index (χ2v) is 8.33. The van der Waals surface area contributed by atoms with E-state index in [1.54, 1.807) is 31.2 Å². The van der Waals surface area contributed by atoms with Gasteiger partial charge in [0, 0.05) is 5.56 Å². The van der Waals surface area contributed by atoms with Gasteiger partial charge in [-0.3, -0.25) is 14.5 Å². The Morgan fingerprint density at radius 2 is 1.85 bits per heavy atom. The molecule has 174 valence electrons. The van der Waals surface area contributed by atoms with Crippen molar-refractivity contribution in [3.63, 3.8) is 0 Å². The topological polar surface area (TPSA) is 106 Å². The smallest absolute Gasteiger partial charge is 0.350 e. The number of aromatic nitrogens is 1. The number of aliphatic hydroxyl groups is 1. The molecule has 10 heteroatoms. The monoisotopic (exact) mass is 482 g/mol. The molecule has 1 aliphatic rings. The van der Waals surface area contributed by atoms with Crippen LogP contribution in [0.15, 0.2) is 54.1 Å². The number of esters is 1. The number of thiazole rings is 1. The Kier molecular flexibility index (Phi) is 6.16. The van der Waals surface area contributed by atoms with Crippen LogP contribution in [-0.4, -0.2) is 42.0 Å². The summed E-state index contributed by atoms with van der Waals surface area (Å²) in [4.78, 5) is 44.1. The molecule has 3 aromatic rings. The fourth-order valence-electron chi connectivity index (χ4n) is 3.69. The molecule has 0 saturated carbocycles. The molecule has 0 spiro atoms. The fraction of sp³-hybridized carbons (Fsp3) is 0.167. The molecule has 0 aliphatic carbocycles. The number of carbonyl (C=O) groups excluding carboxylic acids is 3. The van der Waals surface area contributed by atoms with E-state index in [0.29, 0.717) is 17.0 Å². The van der Waals surface area contributed by atoms with Gasteiger partial charge in [0.2, 0.25) is 0 Å². The van der Waals surface area contributed by atoms with E-state index in [0.717, 1.165) is 28.4 Å². The van der Waals surface area contributed by atoms with Gasteiger partial charge in [-0.2, -0.15) is 0 Å². The SMILES string of the molecule is COC(=O)c1sc(N2C(=O)C(=O)/C(=C(/O)c3ccc(F)cc3)C2c2cccc(OC)c2)nc1C. The van der Waals surface area contributed by atoms with Gasteiger partial charge < -0.3 is 14.6 Å². The Balaban J connectivity index is 1.95. The molecule has 0 bridgehead atoms. The summed E-state index contributed by atoms with van der Waals surface area (Å²) >= 11 is 0.897. The van der Waals surface area contributed by atoms with E-state index in [9.17, 15) is 23.9 Å². The lowest BCUT2D eigenvalue weighted by Gasteiger charge is -2.23. The number of nitrogens with zero attached hydrogens (tertiary/aromatic N) is 2. The van der Waals surface area contributed by atoms with Crippen LogP contribution in [0.25, 0.3) is 5.76 Å². The molecule has 2 aromatic carbocycles. The lowest BCUT2D eigenvalue weighted by Crippen LogP contribution is -2.29. The summed E-state index contributed by atoms with van der Waals surface area (Å²) in [7, 11) is 2.70. The highest BCUT2D eigenvalue weighted by atomic mass is 32.1. The Labute approximate surface area is 197 Å². The van der Waals surface area contributed by atoms with Crippen molar-refractivity contribution in [2.45, 2.75) is 13.0 Å². The quantitative estimate of drug-likeness (QED) is 0.253. The van der Waals surface area contributed by atoms with Crippen molar-refractivity contribution in [1.82, 2.24) is 4.98 Å². The fourth-order valence-corrected chi connectivity index (χ4v) is 4.70. The van der Waals surface area contributed by atoms with Crippen molar-refractivity contribution in [2.75, 3.05) is 19.1 Å². The van der Waals surface area contributed by atoms with E-state index in [1.807, 2.05) is 0 Å². The Bertz CT molecular complexity index is 1330. The summed E-state index contributed by atoms with van der Waals surface area (Å²) in [6.07, 6.45) is 0. The number of Topliss-reactive ketones (excluding diaryl/α,β-unsaturated/α-hetero) is 1. The highest BCUT2D eigenvalue weighted by Gasteiger charge is 2.48. The van der Waals surface area contributed by atoms with Crippen LogP contribution in [0.4, 0.5) is 9.52 Å². The van der Waals surface area contributed by atoms with E-state index in [-0.39, 0.29) is 21.1 Å². The van der Waals surface area contributed by atoms with Crippen LogP contribution >= 0.6 is 11.3 Å². The van der Waals surface area contributed by atoms with E-state index >= 15 is 0 Å². The van der Waals surface area contributed by atoms with Gasteiger partial charge >= 0.3 is 11.9 Å². The minimum Gasteiger partial charge on any atom is -0.507 e. The lowest BCUT2D eigenvalue weighted by molar-refractivity contribution is -0.132. The molecule has 1 aliphatic heterocycles. The molecule has 1 unspecified atom stereocenters. The number of benzene rings is 2. The average Bonchev–Trinajstić information content (AvgIpc) is 3.35.